The van der Waals surface area contributed by atoms with E-state index in [0.717, 1.165) is 16.0 Å². The van der Waals surface area contributed by atoms with Crippen molar-refractivity contribution >= 4 is 54.9 Å². The summed E-state index contributed by atoms with van der Waals surface area (Å²) in [6, 6.07) is 2.90. The second kappa shape index (κ2) is 7.68. The lowest BCUT2D eigenvalue weighted by atomic mass is 10.1. The van der Waals surface area contributed by atoms with Gasteiger partial charge in [0.1, 0.15) is 0 Å². The van der Waals surface area contributed by atoms with Crippen molar-refractivity contribution in [2.24, 2.45) is 0 Å². The first kappa shape index (κ1) is 20.0. The van der Waals surface area contributed by atoms with Gasteiger partial charge in [0.05, 0.1) is 20.8 Å². The Morgan fingerprint density at radius 3 is 2.22 bits per heavy atom. The van der Waals surface area contributed by atoms with E-state index in [1.807, 2.05) is 0 Å². The van der Waals surface area contributed by atoms with Gasteiger partial charge < -0.3 is 5.32 Å². The van der Waals surface area contributed by atoms with Crippen LogP contribution in [-0.2, 0) is 6.54 Å². The van der Waals surface area contributed by atoms with E-state index in [1.54, 1.807) is 6.07 Å². The van der Waals surface area contributed by atoms with Gasteiger partial charge in [0.25, 0.3) is 5.91 Å². The Bertz CT molecular complexity index is 1000. The van der Waals surface area contributed by atoms with E-state index in [2.05, 4.69) is 42.3 Å². The van der Waals surface area contributed by atoms with E-state index < -0.39 is 47.1 Å². The summed E-state index contributed by atoms with van der Waals surface area (Å²) >= 11 is 7.66. The van der Waals surface area contributed by atoms with E-state index in [4.69, 9.17) is 0 Å². The van der Waals surface area contributed by atoms with Gasteiger partial charge in [0.2, 0.25) is 5.82 Å². The molecule has 0 saturated carbocycles. The zero-order valence-electron chi connectivity index (χ0n) is 12.8. The summed E-state index contributed by atoms with van der Waals surface area (Å²) in [5.74, 6) is -10.6. The Balaban J connectivity index is 1.80. The maximum Gasteiger partial charge on any atom is 0.267 e. The minimum absolute atomic E-state index is 0.0458. The number of aromatic nitrogens is 2. The van der Waals surface area contributed by atoms with Crippen LogP contribution in [0.2, 0.25) is 0 Å². The van der Waals surface area contributed by atoms with Gasteiger partial charge in [-0.15, -0.1) is 11.3 Å². The van der Waals surface area contributed by atoms with Crippen molar-refractivity contribution in [3.8, 4) is 0 Å². The summed E-state index contributed by atoms with van der Waals surface area (Å²) in [5, 5.41) is 6.33. The van der Waals surface area contributed by atoms with Gasteiger partial charge in [-0.2, -0.15) is 5.10 Å². The Morgan fingerprint density at radius 1 is 1.07 bits per heavy atom. The highest BCUT2D eigenvalue weighted by molar-refractivity contribution is 9.13. The van der Waals surface area contributed by atoms with Crippen LogP contribution in [0.25, 0.3) is 0 Å². The van der Waals surface area contributed by atoms with Crippen molar-refractivity contribution in [2.45, 2.75) is 6.54 Å². The lowest BCUT2D eigenvalue weighted by molar-refractivity contribution is 0.103. The molecule has 0 atom stereocenters. The van der Waals surface area contributed by atoms with Gasteiger partial charge in [-0.25, -0.2) is 22.0 Å². The standard InChI is InChI=1S/C15H6Br2F5N3OS/c16-6-3-7(27-14(6)17)15(26)23-8-1-2-25(24-8)4-5-9(18)11(20)13(22)12(21)10(5)19/h1-3H,4H2,(H,23,24,26). The molecule has 142 valence electrons. The molecule has 0 spiro atoms. The summed E-state index contributed by atoms with van der Waals surface area (Å²) < 4.78 is 69.4. The molecule has 1 aromatic carbocycles. The Kier molecular flexibility index (Phi) is 5.68. The molecular formula is C15H6Br2F5N3OS. The molecular weight excluding hydrogens is 525 g/mol. The molecule has 0 aliphatic carbocycles. The number of amides is 1. The summed E-state index contributed by atoms with van der Waals surface area (Å²) in [7, 11) is 0. The number of halogens is 7. The third-order valence-corrected chi connectivity index (χ3v) is 6.63. The lowest BCUT2D eigenvalue weighted by Gasteiger charge is -2.08. The number of hydrogen-bond donors (Lipinski definition) is 1. The number of carbonyl (C=O) groups excluding carboxylic acids is 1. The molecule has 27 heavy (non-hydrogen) atoms. The number of anilines is 1. The number of thiophene rings is 1. The zero-order valence-corrected chi connectivity index (χ0v) is 16.8. The molecule has 4 nitrogen and oxygen atoms in total. The number of benzene rings is 1. The van der Waals surface area contributed by atoms with Gasteiger partial charge in [0, 0.05) is 16.7 Å². The van der Waals surface area contributed by atoms with Crippen LogP contribution >= 0.6 is 43.2 Å². The summed E-state index contributed by atoms with van der Waals surface area (Å²) in [4.78, 5) is 12.5. The van der Waals surface area contributed by atoms with Crippen molar-refractivity contribution in [3.63, 3.8) is 0 Å². The van der Waals surface area contributed by atoms with E-state index >= 15 is 0 Å². The molecule has 0 aliphatic heterocycles. The molecule has 0 fully saturated rings. The van der Waals surface area contributed by atoms with Crippen LogP contribution in [0.3, 0.4) is 0 Å². The number of rotatable bonds is 4. The number of carbonyl (C=O) groups is 1. The van der Waals surface area contributed by atoms with Gasteiger partial charge in [0.15, 0.2) is 29.1 Å². The van der Waals surface area contributed by atoms with Crippen LogP contribution in [0.15, 0.2) is 26.6 Å². The van der Waals surface area contributed by atoms with Crippen molar-refractivity contribution in [2.75, 3.05) is 5.32 Å². The van der Waals surface area contributed by atoms with E-state index in [0.29, 0.717) is 13.1 Å². The minimum atomic E-state index is -2.23. The largest absolute Gasteiger partial charge is 0.304 e. The second-order valence-corrected chi connectivity index (χ2v) is 8.36. The molecule has 1 amide bonds. The van der Waals surface area contributed by atoms with Crippen LogP contribution in [0.5, 0.6) is 0 Å². The first-order chi connectivity index (χ1) is 12.7. The molecule has 0 radical (unpaired) electrons. The van der Waals surface area contributed by atoms with Crippen molar-refractivity contribution in [1.82, 2.24) is 9.78 Å². The van der Waals surface area contributed by atoms with Crippen LogP contribution in [0.1, 0.15) is 15.2 Å². The first-order valence-electron chi connectivity index (χ1n) is 6.99. The van der Waals surface area contributed by atoms with Crippen LogP contribution in [0, 0.1) is 29.1 Å². The second-order valence-electron chi connectivity index (χ2n) is 5.13. The van der Waals surface area contributed by atoms with Crippen molar-refractivity contribution in [1.29, 1.82) is 0 Å². The van der Waals surface area contributed by atoms with Crippen molar-refractivity contribution in [3.05, 3.63) is 66.1 Å². The van der Waals surface area contributed by atoms with E-state index in [9.17, 15) is 26.7 Å². The molecule has 0 aliphatic rings. The fourth-order valence-electron chi connectivity index (χ4n) is 2.10. The fourth-order valence-corrected chi connectivity index (χ4v) is 4.03. The average Bonchev–Trinajstić information content (AvgIpc) is 3.21. The lowest BCUT2D eigenvalue weighted by Crippen LogP contribution is -2.13. The highest BCUT2D eigenvalue weighted by Gasteiger charge is 2.26. The molecule has 2 heterocycles. The molecule has 12 heteroatoms. The highest BCUT2D eigenvalue weighted by atomic mass is 79.9. The quantitative estimate of drug-likeness (QED) is 0.276. The Labute approximate surface area is 169 Å². The summed E-state index contributed by atoms with van der Waals surface area (Å²) in [6.07, 6.45) is 1.23. The molecule has 0 bridgehead atoms. The predicted molar refractivity (Wildman–Crippen MR) is 95.2 cm³/mol. The normalized spacial score (nSPS) is 11.1. The Hall–Kier alpha value is -1.79. The minimum Gasteiger partial charge on any atom is -0.304 e. The van der Waals surface area contributed by atoms with Crippen molar-refractivity contribution < 1.29 is 26.7 Å². The van der Waals surface area contributed by atoms with Crippen LogP contribution in [0.4, 0.5) is 27.8 Å². The van der Waals surface area contributed by atoms with E-state index in [1.165, 1.54) is 12.3 Å². The summed E-state index contributed by atoms with van der Waals surface area (Å²) in [6.45, 7) is -0.711. The number of hydrogen-bond acceptors (Lipinski definition) is 3. The summed E-state index contributed by atoms with van der Waals surface area (Å²) in [5.41, 5.74) is -1.03. The molecule has 1 N–H and O–H groups in total. The maximum absolute atomic E-state index is 13.7. The number of nitrogens with one attached hydrogen (secondary N) is 1. The molecule has 2 aromatic heterocycles. The van der Waals surface area contributed by atoms with Gasteiger partial charge in [-0.1, -0.05) is 0 Å². The SMILES string of the molecule is O=C(Nc1ccn(Cc2c(F)c(F)c(F)c(F)c2F)n1)c1cc(Br)c(Br)s1. The van der Waals surface area contributed by atoms with Gasteiger partial charge >= 0.3 is 0 Å². The van der Waals surface area contributed by atoms with E-state index in [-0.39, 0.29) is 5.82 Å². The number of nitrogens with zero attached hydrogens (tertiary/aromatic N) is 2. The highest BCUT2D eigenvalue weighted by Crippen LogP contribution is 2.32. The fraction of sp³-hybridized carbons (Fsp3) is 0.0667. The third-order valence-electron chi connectivity index (χ3n) is 3.37. The zero-order chi connectivity index (χ0) is 19.9. The maximum atomic E-state index is 13.7. The Morgan fingerprint density at radius 2 is 1.67 bits per heavy atom. The smallest absolute Gasteiger partial charge is 0.267 e. The van der Waals surface area contributed by atoms with Gasteiger partial charge in [-0.3, -0.25) is 9.48 Å². The van der Waals surface area contributed by atoms with Crippen LogP contribution in [-0.4, -0.2) is 15.7 Å². The molecule has 3 rings (SSSR count). The van der Waals surface area contributed by atoms with Crippen LogP contribution < -0.4 is 5.32 Å². The first-order valence-corrected chi connectivity index (χ1v) is 9.39. The molecule has 3 aromatic rings. The monoisotopic (exact) mass is 529 g/mol. The topological polar surface area (TPSA) is 46.9 Å². The molecule has 0 unspecified atom stereocenters. The molecule has 0 saturated heterocycles. The van der Waals surface area contributed by atoms with Gasteiger partial charge in [-0.05, 0) is 37.9 Å². The average molecular weight is 531 g/mol. The predicted octanol–water partition coefficient (Wildman–Crippen LogP) is 5.47. The third kappa shape index (κ3) is 3.92.